The van der Waals surface area contributed by atoms with E-state index in [1.165, 1.54) is 58.0 Å². The fraction of sp³-hybridized carbons (Fsp3) is 1.00. The van der Waals surface area contributed by atoms with E-state index in [1.54, 1.807) is 0 Å². The van der Waals surface area contributed by atoms with Crippen LogP contribution >= 0.6 is 0 Å². The molecule has 0 aromatic carbocycles. The quantitative estimate of drug-likeness (QED) is 0.580. The van der Waals surface area contributed by atoms with Crippen LogP contribution in [0.25, 0.3) is 0 Å². The highest BCUT2D eigenvalue weighted by molar-refractivity contribution is 4.90. The molecule has 1 saturated carbocycles. The zero-order valence-electron chi connectivity index (χ0n) is 8.31. The van der Waals surface area contributed by atoms with Gasteiger partial charge in [0.25, 0.3) is 0 Å². The van der Waals surface area contributed by atoms with Crippen LogP contribution < -0.4 is 0 Å². The Bertz CT molecular complexity index is 141. The summed E-state index contributed by atoms with van der Waals surface area (Å²) in [6.07, 6.45) is 10.2. The molecule has 0 amide bonds. The minimum atomic E-state index is 0.592. The summed E-state index contributed by atoms with van der Waals surface area (Å²) in [6.45, 7) is 5.23. The molecule has 0 aromatic rings. The lowest BCUT2D eigenvalue weighted by Crippen LogP contribution is -2.45. The third kappa shape index (κ3) is 1.52. The second-order valence-corrected chi connectivity index (χ2v) is 4.75. The number of nitrogens with zero attached hydrogens (tertiary/aromatic N) is 1. The zero-order valence-corrected chi connectivity index (χ0v) is 8.31. The Morgan fingerprint density at radius 1 is 0.833 bits per heavy atom. The predicted molar refractivity (Wildman–Crippen MR) is 52.3 cm³/mol. The standard InChI is InChI=1S/C11H21N/c1-11(7-3-2-4-8-11)12-9-5-6-10-12/h2-10H2,1H3. The molecule has 12 heavy (non-hydrogen) atoms. The van der Waals surface area contributed by atoms with Gasteiger partial charge in [0.1, 0.15) is 0 Å². The highest BCUT2D eigenvalue weighted by Gasteiger charge is 2.34. The van der Waals surface area contributed by atoms with Gasteiger partial charge < -0.3 is 0 Å². The number of hydrogen-bond acceptors (Lipinski definition) is 1. The molecular weight excluding hydrogens is 146 g/mol. The minimum absolute atomic E-state index is 0.592. The van der Waals surface area contributed by atoms with E-state index in [9.17, 15) is 0 Å². The van der Waals surface area contributed by atoms with Crippen molar-refractivity contribution >= 4 is 0 Å². The Labute approximate surface area is 76.1 Å². The van der Waals surface area contributed by atoms with Gasteiger partial charge in [0.05, 0.1) is 0 Å². The van der Waals surface area contributed by atoms with Gasteiger partial charge in [-0.05, 0) is 45.7 Å². The molecule has 70 valence electrons. The average Bonchev–Trinajstić information content (AvgIpc) is 2.58. The van der Waals surface area contributed by atoms with Gasteiger partial charge in [-0.3, -0.25) is 4.90 Å². The van der Waals surface area contributed by atoms with Crippen molar-refractivity contribution in [2.24, 2.45) is 0 Å². The van der Waals surface area contributed by atoms with E-state index < -0.39 is 0 Å². The molecular formula is C11H21N. The summed E-state index contributed by atoms with van der Waals surface area (Å²) < 4.78 is 0. The number of hydrogen-bond donors (Lipinski definition) is 0. The summed E-state index contributed by atoms with van der Waals surface area (Å²) in [6, 6.07) is 0. The number of rotatable bonds is 1. The lowest BCUT2D eigenvalue weighted by atomic mass is 9.82. The van der Waals surface area contributed by atoms with Gasteiger partial charge in [0, 0.05) is 5.54 Å². The van der Waals surface area contributed by atoms with Gasteiger partial charge in [-0.25, -0.2) is 0 Å². The molecule has 1 nitrogen and oxygen atoms in total. The normalized spacial score (nSPS) is 30.8. The third-order valence-electron chi connectivity index (χ3n) is 3.80. The van der Waals surface area contributed by atoms with Crippen molar-refractivity contribution in [3.63, 3.8) is 0 Å². The van der Waals surface area contributed by atoms with Crippen LogP contribution in [0.3, 0.4) is 0 Å². The first-order chi connectivity index (χ1) is 5.81. The summed E-state index contributed by atoms with van der Waals surface area (Å²) in [5, 5.41) is 0. The molecule has 1 aliphatic carbocycles. The van der Waals surface area contributed by atoms with E-state index in [0.717, 1.165) is 0 Å². The molecule has 0 atom stereocenters. The molecule has 2 rings (SSSR count). The Morgan fingerprint density at radius 3 is 2.00 bits per heavy atom. The van der Waals surface area contributed by atoms with Crippen LogP contribution in [-0.4, -0.2) is 23.5 Å². The first kappa shape index (κ1) is 8.55. The van der Waals surface area contributed by atoms with E-state index in [-0.39, 0.29) is 0 Å². The van der Waals surface area contributed by atoms with Gasteiger partial charge in [0.15, 0.2) is 0 Å². The SMILES string of the molecule is CC1(N2CCCC2)CCCCC1. The lowest BCUT2D eigenvalue weighted by molar-refractivity contribution is 0.0912. The van der Waals surface area contributed by atoms with Crippen molar-refractivity contribution in [3.8, 4) is 0 Å². The fourth-order valence-corrected chi connectivity index (χ4v) is 2.89. The maximum Gasteiger partial charge on any atom is 0.0181 e. The van der Waals surface area contributed by atoms with Gasteiger partial charge in [-0.2, -0.15) is 0 Å². The largest absolute Gasteiger partial charge is 0.298 e. The minimum Gasteiger partial charge on any atom is -0.298 e. The van der Waals surface area contributed by atoms with Crippen molar-refractivity contribution in [1.82, 2.24) is 4.90 Å². The Kier molecular flexibility index (Phi) is 2.40. The van der Waals surface area contributed by atoms with Crippen molar-refractivity contribution in [2.75, 3.05) is 13.1 Å². The molecule has 1 heterocycles. The van der Waals surface area contributed by atoms with E-state index in [2.05, 4.69) is 11.8 Å². The highest BCUT2D eigenvalue weighted by Crippen LogP contribution is 2.35. The first-order valence-electron chi connectivity index (χ1n) is 5.56. The summed E-state index contributed by atoms with van der Waals surface area (Å²) in [5.74, 6) is 0. The Morgan fingerprint density at radius 2 is 1.42 bits per heavy atom. The molecule has 0 unspecified atom stereocenters. The molecule has 0 N–H and O–H groups in total. The van der Waals surface area contributed by atoms with E-state index >= 15 is 0 Å². The second-order valence-electron chi connectivity index (χ2n) is 4.75. The van der Waals surface area contributed by atoms with Crippen LogP contribution in [0, 0.1) is 0 Å². The smallest absolute Gasteiger partial charge is 0.0181 e. The van der Waals surface area contributed by atoms with Crippen LogP contribution in [-0.2, 0) is 0 Å². The van der Waals surface area contributed by atoms with Crippen LogP contribution in [0.1, 0.15) is 51.9 Å². The van der Waals surface area contributed by atoms with Gasteiger partial charge in [0.2, 0.25) is 0 Å². The summed E-state index contributed by atoms with van der Waals surface area (Å²) >= 11 is 0. The maximum absolute atomic E-state index is 2.74. The summed E-state index contributed by atoms with van der Waals surface area (Å²) in [7, 11) is 0. The van der Waals surface area contributed by atoms with Crippen LogP contribution in [0.5, 0.6) is 0 Å². The van der Waals surface area contributed by atoms with Crippen molar-refractivity contribution in [2.45, 2.75) is 57.4 Å². The molecule has 0 radical (unpaired) electrons. The fourth-order valence-electron chi connectivity index (χ4n) is 2.89. The van der Waals surface area contributed by atoms with E-state index in [1.807, 2.05) is 0 Å². The molecule has 2 fully saturated rings. The van der Waals surface area contributed by atoms with Crippen molar-refractivity contribution in [1.29, 1.82) is 0 Å². The van der Waals surface area contributed by atoms with E-state index in [4.69, 9.17) is 0 Å². The van der Waals surface area contributed by atoms with Crippen LogP contribution in [0.4, 0.5) is 0 Å². The highest BCUT2D eigenvalue weighted by atomic mass is 15.2. The lowest BCUT2D eigenvalue weighted by Gasteiger charge is -2.41. The Balaban J connectivity index is 1.97. The third-order valence-corrected chi connectivity index (χ3v) is 3.80. The predicted octanol–water partition coefficient (Wildman–Crippen LogP) is 2.81. The zero-order chi connectivity index (χ0) is 8.44. The van der Waals surface area contributed by atoms with Gasteiger partial charge in [-0.1, -0.05) is 19.3 Å². The molecule has 0 aromatic heterocycles. The van der Waals surface area contributed by atoms with Gasteiger partial charge >= 0.3 is 0 Å². The van der Waals surface area contributed by atoms with Gasteiger partial charge in [-0.15, -0.1) is 0 Å². The number of likely N-dealkylation sites (tertiary alicyclic amines) is 1. The first-order valence-corrected chi connectivity index (χ1v) is 5.56. The topological polar surface area (TPSA) is 3.24 Å². The van der Waals surface area contributed by atoms with Crippen molar-refractivity contribution in [3.05, 3.63) is 0 Å². The van der Waals surface area contributed by atoms with Crippen LogP contribution in [0.15, 0.2) is 0 Å². The van der Waals surface area contributed by atoms with Crippen LogP contribution in [0.2, 0.25) is 0 Å². The molecule has 1 saturated heterocycles. The monoisotopic (exact) mass is 167 g/mol. The molecule has 0 spiro atoms. The molecule has 1 heteroatoms. The van der Waals surface area contributed by atoms with E-state index in [0.29, 0.717) is 5.54 Å². The second kappa shape index (κ2) is 3.37. The maximum atomic E-state index is 2.74. The summed E-state index contributed by atoms with van der Waals surface area (Å²) in [4.78, 5) is 2.74. The molecule has 2 aliphatic rings. The molecule has 1 aliphatic heterocycles. The average molecular weight is 167 g/mol. The molecule has 0 bridgehead atoms. The summed E-state index contributed by atoms with van der Waals surface area (Å²) in [5.41, 5.74) is 0.592. The Hall–Kier alpha value is -0.0400. The van der Waals surface area contributed by atoms with Crippen molar-refractivity contribution < 1.29 is 0 Å².